The van der Waals surface area contributed by atoms with Gasteiger partial charge in [-0.15, -0.1) is 0 Å². The lowest BCUT2D eigenvalue weighted by atomic mass is 10.1. The highest BCUT2D eigenvalue weighted by atomic mass is 79.9. The first-order valence-electron chi connectivity index (χ1n) is 6.90. The van der Waals surface area contributed by atoms with E-state index < -0.39 is 0 Å². The van der Waals surface area contributed by atoms with Crippen LogP contribution in [-0.4, -0.2) is 10.1 Å². The molecule has 0 aliphatic rings. The number of benzene rings is 2. The minimum absolute atomic E-state index is 0.251. The summed E-state index contributed by atoms with van der Waals surface area (Å²) in [6.45, 7) is 4.28. The summed E-state index contributed by atoms with van der Waals surface area (Å²) in [5.74, 6) is 1.84. The van der Waals surface area contributed by atoms with E-state index in [1.807, 2.05) is 56.3 Å². The average molecular weight is 359 g/mol. The molecule has 0 fully saturated rings. The normalized spacial score (nSPS) is 10.7. The maximum absolute atomic E-state index is 5.73. The standard InChI is InChI=1S/C17H15BrN2O2/c1-11-3-5-13(6-4-11)17-19-16(22-20-17)10-21-15-8-7-14(18)9-12(15)2/h3-9H,10H2,1-2H3. The van der Waals surface area contributed by atoms with Gasteiger partial charge in [0.1, 0.15) is 5.75 Å². The van der Waals surface area contributed by atoms with Crippen LogP contribution in [0.25, 0.3) is 11.4 Å². The van der Waals surface area contributed by atoms with Gasteiger partial charge in [-0.05, 0) is 37.6 Å². The van der Waals surface area contributed by atoms with Crippen molar-refractivity contribution in [2.75, 3.05) is 0 Å². The zero-order valence-corrected chi connectivity index (χ0v) is 13.9. The largest absolute Gasteiger partial charge is 0.483 e. The molecule has 3 rings (SSSR count). The fourth-order valence-corrected chi connectivity index (χ4v) is 2.52. The van der Waals surface area contributed by atoms with Crippen LogP contribution in [0.3, 0.4) is 0 Å². The van der Waals surface area contributed by atoms with E-state index in [1.54, 1.807) is 0 Å². The summed E-state index contributed by atoms with van der Waals surface area (Å²) in [5, 5.41) is 3.99. The second kappa shape index (κ2) is 6.32. The molecule has 0 unspecified atom stereocenters. The molecule has 4 nitrogen and oxygen atoms in total. The van der Waals surface area contributed by atoms with Crippen LogP contribution in [0.4, 0.5) is 0 Å². The number of hydrogen-bond acceptors (Lipinski definition) is 4. The Hall–Kier alpha value is -2.14. The lowest BCUT2D eigenvalue weighted by molar-refractivity contribution is 0.241. The first-order chi connectivity index (χ1) is 10.6. The maximum atomic E-state index is 5.73. The summed E-state index contributed by atoms with van der Waals surface area (Å²) in [6, 6.07) is 13.8. The third-order valence-corrected chi connectivity index (χ3v) is 3.76. The Morgan fingerprint density at radius 3 is 2.59 bits per heavy atom. The van der Waals surface area contributed by atoms with Crippen LogP contribution in [0.1, 0.15) is 17.0 Å². The summed E-state index contributed by atoms with van der Waals surface area (Å²) >= 11 is 3.43. The van der Waals surface area contributed by atoms with E-state index >= 15 is 0 Å². The van der Waals surface area contributed by atoms with Crippen LogP contribution in [0.5, 0.6) is 5.75 Å². The van der Waals surface area contributed by atoms with Crippen molar-refractivity contribution >= 4 is 15.9 Å². The zero-order chi connectivity index (χ0) is 15.5. The first kappa shape index (κ1) is 14.8. The van der Waals surface area contributed by atoms with Gasteiger partial charge < -0.3 is 9.26 Å². The van der Waals surface area contributed by atoms with Crippen LogP contribution in [0.2, 0.25) is 0 Å². The number of hydrogen-bond donors (Lipinski definition) is 0. The molecule has 0 radical (unpaired) electrons. The quantitative estimate of drug-likeness (QED) is 0.678. The minimum Gasteiger partial charge on any atom is -0.483 e. The molecule has 22 heavy (non-hydrogen) atoms. The third-order valence-electron chi connectivity index (χ3n) is 3.27. The molecule has 0 aliphatic carbocycles. The highest BCUT2D eigenvalue weighted by Gasteiger charge is 2.10. The van der Waals surface area contributed by atoms with Gasteiger partial charge in [-0.1, -0.05) is 50.9 Å². The predicted molar refractivity (Wildman–Crippen MR) is 87.7 cm³/mol. The van der Waals surface area contributed by atoms with Gasteiger partial charge in [0.25, 0.3) is 5.89 Å². The van der Waals surface area contributed by atoms with Gasteiger partial charge in [0.05, 0.1) is 0 Å². The number of halogens is 1. The van der Waals surface area contributed by atoms with Gasteiger partial charge in [-0.25, -0.2) is 0 Å². The van der Waals surface area contributed by atoms with Crippen LogP contribution in [0.15, 0.2) is 51.5 Å². The highest BCUT2D eigenvalue weighted by molar-refractivity contribution is 9.10. The van der Waals surface area contributed by atoms with Gasteiger partial charge in [-0.3, -0.25) is 0 Å². The molecule has 0 atom stereocenters. The van der Waals surface area contributed by atoms with Crippen molar-refractivity contribution in [1.29, 1.82) is 0 Å². The Morgan fingerprint density at radius 2 is 1.86 bits per heavy atom. The topological polar surface area (TPSA) is 48.2 Å². The van der Waals surface area contributed by atoms with E-state index in [0.717, 1.165) is 21.3 Å². The fraction of sp³-hybridized carbons (Fsp3) is 0.176. The van der Waals surface area contributed by atoms with Gasteiger partial charge in [0.15, 0.2) is 6.61 Å². The number of rotatable bonds is 4. The lowest BCUT2D eigenvalue weighted by Crippen LogP contribution is -1.97. The maximum Gasteiger partial charge on any atom is 0.264 e. The molecule has 0 saturated carbocycles. The van der Waals surface area contributed by atoms with Crippen molar-refractivity contribution in [2.24, 2.45) is 0 Å². The second-order valence-corrected chi connectivity index (χ2v) is 5.99. The van der Waals surface area contributed by atoms with Gasteiger partial charge in [-0.2, -0.15) is 4.98 Å². The van der Waals surface area contributed by atoms with E-state index in [-0.39, 0.29) is 6.61 Å². The molecule has 0 amide bonds. The Balaban J connectivity index is 1.70. The Kier molecular flexibility index (Phi) is 4.24. The van der Waals surface area contributed by atoms with Crippen LogP contribution in [0, 0.1) is 13.8 Å². The van der Waals surface area contributed by atoms with Gasteiger partial charge >= 0.3 is 0 Å². The minimum atomic E-state index is 0.251. The van der Waals surface area contributed by atoms with Crippen LogP contribution in [-0.2, 0) is 6.61 Å². The van der Waals surface area contributed by atoms with Gasteiger partial charge in [0, 0.05) is 10.0 Å². The summed E-state index contributed by atoms with van der Waals surface area (Å²) in [6.07, 6.45) is 0. The monoisotopic (exact) mass is 358 g/mol. The molecule has 0 saturated heterocycles. The van der Waals surface area contributed by atoms with Crippen LogP contribution < -0.4 is 4.74 Å². The number of nitrogens with zero attached hydrogens (tertiary/aromatic N) is 2. The Bertz CT molecular complexity index is 782. The summed E-state index contributed by atoms with van der Waals surface area (Å²) < 4.78 is 12.0. The van der Waals surface area contributed by atoms with Crippen LogP contribution >= 0.6 is 15.9 Å². The van der Waals surface area contributed by atoms with E-state index in [4.69, 9.17) is 9.26 Å². The van der Waals surface area contributed by atoms with Crippen molar-refractivity contribution < 1.29 is 9.26 Å². The molecule has 5 heteroatoms. The lowest BCUT2D eigenvalue weighted by Gasteiger charge is -2.06. The summed E-state index contributed by atoms with van der Waals surface area (Å²) in [7, 11) is 0. The molecule has 0 N–H and O–H groups in total. The Labute approximate surface area is 137 Å². The van der Waals surface area contributed by atoms with E-state index in [1.165, 1.54) is 5.56 Å². The second-order valence-electron chi connectivity index (χ2n) is 5.08. The number of aromatic nitrogens is 2. The molecular weight excluding hydrogens is 344 g/mol. The molecule has 0 bridgehead atoms. The van der Waals surface area contributed by atoms with Crippen molar-refractivity contribution in [2.45, 2.75) is 20.5 Å². The number of aryl methyl sites for hydroxylation is 2. The SMILES string of the molecule is Cc1ccc(-c2noc(COc3ccc(Br)cc3C)n2)cc1. The predicted octanol–water partition coefficient (Wildman–Crippen LogP) is 4.69. The smallest absolute Gasteiger partial charge is 0.264 e. The zero-order valence-electron chi connectivity index (χ0n) is 12.3. The van der Waals surface area contributed by atoms with Crippen molar-refractivity contribution in [1.82, 2.24) is 10.1 Å². The molecule has 1 heterocycles. The van der Waals surface area contributed by atoms with Crippen molar-refractivity contribution in [3.05, 3.63) is 64.0 Å². The molecule has 3 aromatic rings. The van der Waals surface area contributed by atoms with E-state index in [0.29, 0.717) is 11.7 Å². The number of ether oxygens (including phenoxy) is 1. The van der Waals surface area contributed by atoms with Crippen molar-refractivity contribution in [3.8, 4) is 17.1 Å². The highest BCUT2D eigenvalue weighted by Crippen LogP contribution is 2.23. The molecular formula is C17H15BrN2O2. The average Bonchev–Trinajstić information content (AvgIpc) is 2.96. The Morgan fingerprint density at radius 1 is 1.09 bits per heavy atom. The molecule has 0 aliphatic heterocycles. The first-order valence-corrected chi connectivity index (χ1v) is 7.70. The third kappa shape index (κ3) is 3.36. The summed E-state index contributed by atoms with van der Waals surface area (Å²) in [5.41, 5.74) is 3.18. The van der Waals surface area contributed by atoms with E-state index in [2.05, 4.69) is 26.1 Å². The van der Waals surface area contributed by atoms with E-state index in [9.17, 15) is 0 Å². The molecule has 1 aromatic heterocycles. The van der Waals surface area contributed by atoms with Gasteiger partial charge in [0.2, 0.25) is 5.82 Å². The molecule has 0 spiro atoms. The molecule has 2 aromatic carbocycles. The fourth-order valence-electron chi connectivity index (χ4n) is 2.05. The summed E-state index contributed by atoms with van der Waals surface area (Å²) in [4.78, 5) is 4.36. The van der Waals surface area contributed by atoms with Crippen molar-refractivity contribution in [3.63, 3.8) is 0 Å². The molecule has 112 valence electrons.